The maximum Gasteiger partial charge on any atom is 0.420 e. The van der Waals surface area contributed by atoms with Gasteiger partial charge in [-0.25, -0.2) is 0 Å². The number of carboxylic acid groups (broad SMARTS) is 1. The smallest absolute Gasteiger partial charge is 0.420 e. The van der Waals surface area contributed by atoms with Gasteiger partial charge in [0.15, 0.2) is 0 Å². The molecule has 2 aliphatic rings. The topological polar surface area (TPSA) is 58.6 Å². The van der Waals surface area contributed by atoms with E-state index in [1.807, 2.05) is 26.8 Å². The van der Waals surface area contributed by atoms with Gasteiger partial charge >= 0.3 is 12.1 Å². The molecule has 34 heavy (non-hydrogen) atoms. The average molecular weight is 478 g/mol. The van der Waals surface area contributed by atoms with Gasteiger partial charge < -0.3 is 15.2 Å². The molecule has 0 bridgehead atoms. The van der Waals surface area contributed by atoms with Crippen molar-refractivity contribution < 1.29 is 27.8 Å². The molecule has 0 radical (unpaired) electrons. The quantitative estimate of drug-likeness (QED) is 0.472. The highest BCUT2D eigenvalue weighted by Crippen LogP contribution is 2.47. The van der Waals surface area contributed by atoms with Crippen molar-refractivity contribution in [2.45, 2.75) is 84.2 Å². The van der Waals surface area contributed by atoms with E-state index in [0.29, 0.717) is 17.7 Å². The lowest BCUT2D eigenvalue weighted by molar-refractivity contribution is -0.155. The van der Waals surface area contributed by atoms with Crippen molar-refractivity contribution in [2.24, 2.45) is 17.3 Å². The van der Waals surface area contributed by atoms with E-state index < -0.39 is 29.0 Å². The fourth-order valence-electron chi connectivity index (χ4n) is 5.53. The van der Waals surface area contributed by atoms with Gasteiger partial charge in [0.05, 0.1) is 12.0 Å². The molecule has 7 heteroatoms. The molecule has 2 fully saturated rings. The third-order valence-corrected chi connectivity index (χ3v) is 8.06. The van der Waals surface area contributed by atoms with Crippen LogP contribution < -0.4 is 10.1 Å². The number of carbonyl (C=O) groups is 1. The zero-order valence-electron chi connectivity index (χ0n) is 20.2. The number of carboxylic acids is 1. The number of rotatable bonds is 6. The summed E-state index contributed by atoms with van der Waals surface area (Å²) in [5.41, 5.74) is -0.407. The van der Waals surface area contributed by atoms with Crippen molar-refractivity contribution in [3.8, 4) is 5.75 Å². The highest BCUT2D eigenvalue weighted by atomic mass is 19.4. The van der Waals surface area contributed by atoms with E-state index in [1.165, 1.54) is 6.07 Å². The molecular formula is C27H34F3NO3. The van der Waals surface area contributed by atoms with Crippen LogP contribution in [0.2, 0.25) is 0 Å². The third kappa shape index (κ3) is 4.77. The van der Waals surface area contributed by atoms with E-state index in [9.17, 15) is 23.1 Å². The molecule has 0 aliphatic heterocycles. The molecule has 2 unspecified atom stereocenters. The maximum atomic E-state index is 14.3. The second kappa shape index (κ2) is 9.06. The Balaban J connectivity index is 1.62. The van der Waals surface area contributed by atoms with Crippen LogP contribution in [0.4, 0.5) is 13.2 Å². The van der Waals surface area contributed by atoms with E-state index >= 15 is 0 Å². The first-order chi connectivity index (χ1) is 15.9. The molecule has 3 atom stereocenters. The number of ether oxygens (including phenoxy) is 1. The summed E-state index contributed by atoms with van der Waals surface area (Å²) in [7, 11) is 0. The summed E-state index contributed by atoms with van der Waals surface area (Å²) in [6.45, 7) is 7.90. The summed E-state index contributed by atoms with van der Waals surface area (Å²) < 4.78 is 48.7. The number of benzene rings is 2. The molecule has 2 aliphatic carbocycles. The lowest BCUT2D eigenvalue weighted by Gasteiger charge is -2.51. The van der Waals surface area contributed by atoms with E-state index in [0.717, 1.165) is 31.2 Å². The Labute approximate surface area is 198 Å². The van der Waals surface area contributed by atoms with E-state index in [4.69, 9.17) is 4.74 Å². The van der Waals surface area contributed by atoms with Crippen molar-refractivity contribution >= 4 is 16.7 Å². The zero-order chi connectivity index (χ0) is 24.8. The summed E-state index contributed by atoms with van der Waals surface area (Å²) in [6.07, 6.45) is -0.761. The van der Waals surface area contributed by atoms with Crippen molar-refractivity contribution in [2.75, 3.05) is 0 Å². The number of fused-ring (bicyclic) bond motifs is 1. The Bertz CT molecular complexity index is 1060. The summed E-state index contributed by atoms with van der Waals surface area (Å²) in [5.74, 6) is -0.743. The molecule has 2 N–H and O–H groups in total. The molecule has 0 aromatic heterocycles. The lowest BCUT2D eigenvalue weighted by atomic mass is 9.58. The van der Waals surface area contributed by atoms with Gasteiger partial charge in [0.1, 0.15) is 11.3 Å². The van der Waals surface area contributed by atoms with Gasteiger partial charge in [0, 0.05) is 12.1 Å². The van der Waals surface area contributed by atoms with Crippen LogP contribution in [-0.4, -0.2) is 23.2 Å². The van der Waals surface area contributed by atoms with Gasteiger partial charge in [-0.1, -0.05) is 39.0 Å². The van der Waals surface area contributed by atoms with Crippen LogP contribution in [0.25, 0.3) is 10.8 Å². The van der Waals surface area contributed by atoms with Crippen LogP contribution in [0.5, 0.6) is 5.75 Å². The third-order valence-electron chi connectivity index (χ3n) is 8.06. The van der Waals surface area contributed by atoms with Crippen LogP contribution in [0.15, 0.2) is 30.3 Å². The highest BCUT2D eigenvalue weighted by Gasteiger charge is 2.52. The summed E-state index contributed by atoms with van der Waals surface area (Å²) in [6, 6.07) is 8.05. The molecule has 0 saturated heterocycles. The van der Waals surface area contributed by atoms with Crippen molar-refractivity contribution in [3.63, 3.8) is 0 Å². The molecule has 2 aromatic carbocycles. The van der Waals surface area contributed by atoms with Gasteiger partial charge in [-0.05, 0) is 78.8 Å². The first-order valence-electron chi connectivity index (χ1n) is 12.2. The predicted molar refractivity (Wildman–Crippen MR) is 126 cm³/mol. The number of hydrogen-bond acceptors (Lipinski definition) is 3. The molecule has 4 nitrogen and oxygen atoms in total. The Hall–Kier alpha value is -2.28. The molecule has 0 amide bonds. The number of aliphatic carboxylic acids is 1. The number of hydrogen-bond donors (Lipinski definition) is 2. The Morgan fingerprint density at radius 2 is 1.79 bits per heavy atom. The largest absolute Gasteiger partial charge is 0.490 e. The van der Waals surface area contributed by atoms with Gasteiger partial charge in [-0.15, -0.1) is 0 Å². The fraction of sp³-hybridized carbons (Fsp3) is 0.593. The second-order valence-corrected chi connectivity index (χ2v) is 10.8. The maximum absolute atomic E-state index is 14.3. The minimum Gasteiger partial charge on any atom is -0.490 e. The molecule has 2 saturated carbocycles. The SMILES string of the molecule is CC(N[C@@H]1CC(C(=O)O)C1(C)C)c1ccc2ccc(O[C@H]3CC[C@@H](C)CC3)c(C(F)(F)F)c2c1. The Morgan fingerprint density at radius 1 is 1.15 bits per heavy atom. The first-order valence-corrected chi connectivity index (χ1v) is 12.2. The van der Waals surface area contributed by atoms with Gasteiger partial charge in [-0.2, -0.15) is 13.2 Å². The number of halogens is 3. The Kier molecular flexibility index (Phi) is 6.62. The molecule has 4 rings (SSSR count). The number of alkyl halides is 3. The first kappa shape index (κ1) is 24.8. The second-order valence-electron chi connectivity index (χ2n) is 10.8. The highest BCUT2D eigenvalue weighted by molar-refractivity contribution is 5.89. The average Bonchev–Trinajstić information content (AvgIpc) is 2.76. The zero-order valence-corrected chi connectivity index (χ0v) is 20.2. The van der Waals surface area contributed by atoms with Crippen LogP contribution >= 0.6 is 0 Å². The predicted octanol–water partition coefficient (Wildman–Crippen LogP) is 6.97. The standard InChI is InChI=1S/C27H34F3NO3/c1-15-5-10-19(11-6-15)34-22-12-9-17-7-8-18(13-20(17)24(22)27(28,29)30)16(2)31-23-14-21(25(32)33)26(23,3)4/h7-9,12-13,15-16,19,21,23,31H,5-6,10-11,14H2,1-4H3,(H,32,33)/t15-,16?,19+,21?,23-/m1/s1. The monoisotopic (exact) mass is 477 g/mol. The lowest BCUT2D eigenvalue weighted by Crippen LogP contribution is -2.59. The van der Waals surface area contributed by atoms with E-state index in [1.54, 1.807) is 18.2 Å². The van der Waals surface area contributed by atoms with Crippen LogP contribution in [0, 0.1) is 17.3 Å². The molecule has 186 valence electrons. The van der Waals surface area contributed by atoms with Crippen LogP contribution in [0.1, 0.15) is 77.0 Å². The van der Waals surface area contributed by atoms with Crippen LogP contribution in [-0.2, 0) is 11.0 Å². The van der Waals surface area contributed by atoms with Crippen molar-refractivity contribution in [3.05, 3.63) is 41.5 Å². The normalized spacial score (nSPS) is 27.7. The fourth-order valence-corrected chi connectivity index (χ4v) is 5.53. The van der Waals surface area contributed by atoms with E-state index in [-0.39, 0.29) is 29.3 Å². The molecule has 0 spiro atoms. The van der Waals surface area contributed by atoms with Gasteiger partial charge in [0.25, 0.3) is 0 Å². The minimum atomic E-state index is -4.54. The summed E-state index contributed by atoms with van der Waals surface area (Å²) in [4.78, 5) is 11.4. The van der Waals surface area contributed by atoms with E-state index in [2.05, 4.69) is 12.2 Å². The summed E-state index contributed by atoms with van der Waals surface area (Å²) in [5, 5.41) is 13.5. The van der Waals surface area contributed by atoms with Crippen molar-refractivity contribution in [1.82, 2.24) is 5.32 Å². The van der Waals surface area contributed by atoms with Gasteiger partial charge in [0.2, 0.25) is 0 Å². The van der Waals surface area contributed by atoms with Crippen molar-refractivity contribution in [1.29, 1.82) is 0 Å². The Morgan fingerprint density at radius 3 is 2.38 bits per heavy atom. The molecular weight excluding hydrogens is 443 g/mol. The number of nitrogens with one attached hydrogen (secondary N) is 1. The minimum absolute atomic E-state index is 0.0234. The van der Waals surface area contributed by atoms with Gasteiger partial charge in [-0.3, -0.25) is 4.79 Å². The molecule has 0 heterocycles. The van der Waals surface area contributed by atoms with Crippen LogP contribution in [0.3, 0.4) is 0 Å². The molecule has 2 aromatic rings. The summed E-state index contributed by atoms with van der Waals surface area (Å²) >= 11 is 0.